The van der Waals surface area contributed by atoms with Gasteiger partial charge in [0.15, 0.2) is 5.11 Å². The van der Waals surface area contributed by atoms with Crippen LogP contribution in [-0.4, -0.2) is 27.9 Å². The molecule has 1 atom stereocenters. The number of para-hydroxylation sites is 1. The van der Waals surface area contributed by atoms with E-state index < -0.39 is 6.04 Å². The Bertz CT molecular complexity index is 1060. The number of rotatable bonds is 6. The van der Waals surface area contributed by atoms with Gasteiger partial charge in [-0.2, -0.15) is 0 Å². The molecular formula is C22H18IN3O3S. The molecule has 30 heavy (non-hydrogen) atoms. The zero-order valence-electron chi connectivity index (χ0n) is 15.8. The summed E-state index contributed by atoms with van der Waals surface area (Å²) in [4.78, 5) is 29.2. The summed E-state index contributed by atoms with van der Waals surface area (Å²) in [5, 5.41) is 3.22. The van der Waals surface area contributed by atoms with Crippen LogP contribution >= 0.6 is 34.8 Å². The lowest BCUT2D eigenvalue weighted by Gasteiger charge is -2.22. The van der Waals surface area contributed by atoms with E-state index in [1.54, 1.807) is 17.2 Å². The van der Waals surface area contributed by atoms with Crippen LogP contribution in [0.5, 0.6) is 0 Å². The molecule has 2 aromatic carbocycles. The number of anilines is 2. The highest BCUT2D eigenvalue weighted by Crippen LogP contribution is 2.29. The molecule has 1 fully saturated rings. The number of benzene rings is 2. The third-order valence-corrected chi connectivity index (χ3v) is 5.88. The zero-order valence-corrected chi connectivity index (χ0v) is 18.8. The maximum atomic E-state index is 13.3. The Kier molecular flexibility index (Phi) is 6.14. The minimum atomic E-state index is -0.716. The van der Waals surface area contributed by atoms with Gasteiger partial charge in [0.2, 0.25) is 5.91 Å². The summed E-state index contributed by atoms with van der Waals surface area (Å²) in [7, 11) is 0. The van der Waals surface area contributed by atoms with Crippen molar-refractivity contribution in [1.29, 1.82) is 0 Å². The van der Waals surface area contributed by atoms with E-state index in [0.29, 0.717) is 28.8 Å². The van der Waals surface area contributed by atoms with E-state index in [4.69, 9.17) is 16.6 Å². The fraction of sp³-hybridized carbons (Fsp3) is 0.136. The Morgan fingerprint density at radius 3 is 2.47 bits per heavy atom. The maximum absolute atomic E-state index is 13.3. The van der Waals surface area contributed by atoms with E-state index in [2.05, 4.69) is 27.9 Å². The molecule has 4 rings (SSSR count). The molecule has 0 spiro atoms. The summed E-state index contributed by atoms with van der Waals surface area (Å²) in [6, 6.07) is 19.6. The van der Waals surface area contributed by atoms with Crippen molar-refractivity contribution in [2.75, 3.05) is 10.2 Å². The molecule has 1 aromatic heterocycles. The molecule has 0 bridgehead atoms. The highest BCUT2D eigenvalue weighted by atomic mass is 127. The molecule has 2 amide bonds. The Morgan fingerprint density at radius 2 is 1.80 bits per heavy atom. The van der Waals surface area contributed by atoms with E-state index in [9.17, 15) is 9.59 Å². The molecule has 8 heteroatoms. The third kappa shape index (κ3) is 4.39. The first kappa shape index (κ1) is 20.5. The summed E-state index contributed by atoms with van der Waals surface area (Å²) in [5.41, 5.74) is 1.36. The first-order chi connectivity index (χ1) is 14.5. The van der Waals surface area contributed by atoms with Crippen molar-refractivity contribution < 1.29 is 14.0 Å². The van der Waals surface area contributed by atoms with Gasteiger partial charge >= 0.3 is 0 Å². The van der Waals surface area contributed by atoms with Crippen LogP contribution in [-0.2, 0) is 16.1 Å². The van der Waals surface area contributed by atoms with Gasteiger partial charge in [0.05, 0.1) is 24.9 Å². The second-order valence-corrected chi connectivity index (χ2v) is 8.38. The number of halogens is 1. The number of nitrogens with one attached hydrogen (secondary N) is 1. The number of carbonyl (C=O) groups is 2. The van der Waals surface area contributed by atoms with Crippen molar-refractivity contribution in [3.05, 3.63) is 82.3 Å². The van der Waals surface area contributed by atoms with Gasteiger partial charge < -0.3 is 14.6 Å². The SMILES string of the molecule is O=C(C[C@@H]1C(=O)N(c2ccccc2)C(=S)N1Cc1ccco1)Nc1ccc(I)cc1. The summed E-state index contributed by atoms with van der Waals surface area (Å²) in [6.07, 6.45) is 1.55. The molecule has 0 aliphatic carbocycles. The number of thiocarbonyl (C=S) groups is 1. The number of amides is 2. The van der Waals surface area contributed by atoms with Gasteiger partial charge in [-0.05, 0) is 83.3 Å². The zero-order chi connectivity index (χ0) is 21.1. The van der Waals surface area contributed by atoms with E-state index in [1.165, 1.54) is 4.90 Å². The van der Waals surface area contributed by atoms with Gasteiger partial charge in [0.25, 0.3) is 5.91 Å². The van der Waals surface area contributed by atoms with E-state index in [0.717, 1.165) is 3.57 Å². The average Bonchev–Trinajstić information content (AvgIpc) is 3.33. The minimum Gasteiger partial charge on any atom is -0.467 e. The summed E-state index contributed by atoms with van der Waals surface area (Å²) >= 11 is 7.83. The molecule has 3 aromatic rings. The van der Waals surface area contributed by atoms with Gasteiger partial charge in [-0.15, -0.1) is 0 Å². The predicted octanol–water partition coefficient (Wildman–Crippen LogP) is 4.42. The molecule has 1 aliphatic rings. The first-order valence-electron chi connectivity index (χ1n) is 9.30. The number of carbonyl (C=O) groups excluding carboxylic acids is 2. The maximum Gasteiger partial charge on any atom is 0.256 e. The highest BCUT2D eigenvalue weighted by molar-refractivity contribution is 14.1. The monoisotopic (exact) mass is 531 g/mol. The minimum absolute atomic E-state index is 0.0188. The van der Waals surface area contributed by atoms with Gasteiger partial charge in [-0.25, -0.2) is 0 Å². The molecule has 1 N–H and O–H groups in total. The second kappa shape index (κ2) is 8.97. The molecular weight excluding hydrogens is 513 g/mol. The number of nitrogens with zero attached hydrogens (tertiary/aromatic N) is 2. The molecule has 152 valence electrons. The van der Waals surface area contributed by atoms with Crippen LogP contribution in [0.1, 0.15) is 12.2 Å². The van der Waals surface area contributed by atoms with Crippen LogP contribution in [0.4, 0.5) is 11.4 Å². The predicted molar refractivity (Wildman–Crippen MR) is 127 cm³/mol. The Hall–Kier alpha value is -2.72. The van der Waals surface area contributed by atoms with Crippen LogP contribution in [0.2, 0.25) is 0 Å². The van der Waals surface area contributed by atoms with Gasteiger partial charge in [0.1, 0.15) is 11.8 Å². The molecule has 2 heterocycles. The van der Waals surface area contributed by atoms with Crippen molar-refractivity contribution in [3.8, 4) is 0 Å². The number of hydrogen-bond acceptors (Lipinski definition) is 4. The standard InChI is InChI=1S/C22H18IN3O3S/c23-15-8-10-16(11-9-15)24-20(27)13-19-21(28)26(17-5-2-1-3-6-17)22(30)25(19)14-18-7-4-12-29-18/h1-12,19H,13-14H2,(H,24,27)/t19-/m1/s1. The van der Waals surface area contributed by atoms with Crippen molar-refractivity contribution >= 4 is 63.1 Å². The smallest absolute Gasteiger partial charge is 0.256 e. The van der Waals surface area contributed by atoms with Crippen LogP contribution < -0.4 is 10.2 Å². The number of hydrogen-bond donors (Lipinski definition) is 1. The lowest BCUT2D eigenvalue weighted by Crippen LogP contribution is -2.37. The van der Waals surface area contributed by atoms with Crippen LogP contribution in [0.15, 0.2) is 77.4 Å². The second-order valence-electron chi connectivity index (χ2n) is 6.77. The first-order valence-corrected chi connectivity index (χ1v) is 10.8. The average molecular weight is 531 g/mol. The summed E-state index contributed by atoms with van der Waals surface area (Å²) in [5.74, 6) is 0.190. The number of furan rings is 1. The van der Waals surface area contributed by atoms with Gasteiger partial charge in [-0.1, -0.05) is 18.2 Å². The van der Waals surface area contributed by atoms with Crippen molar-refractivity contribution in [3.63, 3.8) is 0 Å². The lowest BCUT2D eigenvalue weighted by molar-refractivity contribution is -0.124. The normalized spacial score (nSPS) is 16.2. The van der Waals surface area contributed by atoms with Crippen molar-refractivity contribution in [1.82, 2.24) is 4.90 Å². The fourth-order valence-corrected chi connectivity index (χ4v) is 4.07. The lowest BCUT2D eigenvalue weighted by atomic mass is 10.1. The largest absolute Gasteiger partial charge is 0.467 e. The van der Waals surface area contributed by atoms with Gasteiger partial charge in [-0.3, -0.25) is 14.5 Å². The summed E-state index contributed by atoms with van der Waals surface area (Å²) < 4.78 is 6.52. The van der Waals surface area contributed by atoms with E-state index >= 15 is 0 Å². The molecule has 0 saturated carbocycles. The molecule has 0 unspecified atom stereocenters. The van der Waals surface area contributed by atoms with Crippen LogP contribution in [0, 0.1) is 3.57 Å². The molecule has 0 radical (unpaired) electrons. The van der Waals surface area contributed by atoms with E-state index in [-0.39, 0.29) is 18.2 Å². The molecule has 1 aliphatic heterocycles. The molecule has 1 saturated heterocycles. The molecule has 6 nitrogen and oxygen atoms in total. The van der Waals surface area contributed by atoms with E-state index in [1.807, 2.05) is 60.7 Å². The third-order valence-electron chi connectivity index (χ3n) is 4.75. The highest BCUT2D eigenvalue weighted by Gasteiger charge is 2.44. The summed E-state index contributed by atoms with van der Waals surface area (Å²) in [6.45, 7) is 0.308. The van der Waals surface area contributed by atoms with Crippen LogP contribution in [0.3, 0.4) is 0 Å². The Balaban J connectivity index is 1.57. The van der Waals surface area contributed by atoms with Crippen LogP contribution in [0.25, 0.3) is 0 Å². The van der Waals surface area contributed by atoms with Crippen molar-refractivity contribution in [2.45, 2.75) is 19.0 Å². The fourth-order valence-electron chi connectivity index (χ4n) is 3.32. The van der Waals surface area contributed by atoms with Gasteiger partial charge in [0, 0.05) is 9.26 Å². The Morgan fingerprint density at radius 1 is 1.07 bits per heavy atom. The Labute approximate surface area is 193 Å². The topological polar surface area (TPSA) is 65.8 Å². The quantitative estimate of drug-likeness (QED) is 0.377. The van der Waals surface area contributed by atoms with Crippen molar-refractivity contribution in [2.24, 2.45) is 0 Å².